The van der Waals surface area contributed by atoms with Gasteiger partial charge in [0.1, 0.15) is 6.04 Å². The Kier molecular flexibility index (Phi) is 13.4. The summed E-state index contributed by atoms with van der Waals surface area (Å²) in [6, 6.07) is -0.435. The van der Waals surface area contributed by atoms with Crippen molar-refractivity contribution in [2.45, 2.75) is 116 Å². The zero-order valence-electron chi connectivity index (χ0n) is 18.8. The molecule has 0 spiro atoms. The van der Waals surface area contributed by atoms with Crippen LogP contribution in [0.2, 0.25) is 0 Å². The predicted molar refractivity (Wildman–Crippen MR) is 115 cm³/mol. The first-order chi connectivity index (χ1) is 13.9. The second-order valence-electron chi connectivity index (χ2n) is 8.80. The molecule has 0 bridgehead atoms. The molecule has 1 atom stereocenters. The van der Waals surface area contributed by atoms with Crippen molar-refractivity contribution in [2.75, 3.05) is 7.11 Å². The second kappa shape index (κ2) is 15.3. The molecule has 168 valence electrons. The van der Waals surface area contributed by atoms with Crippen molar-refractivity contribution in [1.29, 1.82) is 0 Å². The topological polar surface area (TPSA) is 84.5 Å². The summed E-state index contributed by atoms with van der Waals surface area (Å²) >= 11 is 0. The Hall–Kier alpha value is -1.59. The number of nitrogens with one attached hydrogen (secondary N) is 2. The summed E-state index contributed by atoms with van der Waals surface area (Å²) in [5.74, 6) is -0.542. The van der Waals surface area contributed by atoms with Gasteiger partial charge >= 0.3 is 5.97 Å². The van der Waals surface area contributed by atoms with Crippen LogP contribution in [-0.4, -0.2) is 37.0 Å². The Morgan fingerprint density at radius 1 is 0.828 bits per heavy atom. The summed E-state index contributed by atoms with van der Waals surface area (Å²) in [6.45, 7) is 3.97. The highest BCUT2D eigenvalue weighted by Gasteiger charge is 2.23. The molecule has 0 heterocycles. The number of hydrogen-bond acceptors (Lipinski definition) is 4. The summed E-state index contributed by atoms with van der Waals surface area (Å²) < 4.78 is 4.77. The molecule has 2 amide bonds. The van der Waals surface area contributed by atoms with Gasteiger partial charge in [-0.1, -0.05) is 71.6 Å². The lowest BCUT2D eigenvalue weighted by atomic mass is 9.98. The average molecular weight is 411 g/mol. The van der Waals surface area contributed by atoms with Crippen LogP contribution in [0.25, 0.3) is 0 Å². The van der Waals surface area contributed by atoms with E-state index in [0.29, 0.717) is 6.42 Å². The van der Waals surface area contributed by atoms with Crippen molar-refractivity contribution in [1.82, 2.24) is 10.6 Å². The van der Waals surface area contributed by atoms with Gasteiger partial charge in [0.15, 0.2) is 0 Å². The standard InChI is InChI=1S/C23H42N2O4/c1-18(2)17-20(23(28)29-3)25-22(27)16-15-21(26)24-19-13-11-9-7-5-4-6-8-10-12-14-19/h18-20H,4-17H2,1-3H3,(H,24,26)(H,25,27)/t20-/m0/s1. The maximum absolute atomic E-state index is 12.4. The highest BCUT2D eigenvalue weighted by molar-refractivity contribution is 5.87. The van der Waals surface area contributed by atoms with E-state index in [9.17, 15) is 14.4 Å². The lowest BCUT2D eigenvalue weighted by Crippen LogP contribution is -2.43. The van der Waals surface area contributed by atoms with E-state index in [1.54, 1.807) is 0 Å². The predicted octanol–water partition coefficient (Wildman–Crippen LogP) is 4.26. The molecule has 6 nitrogen and oxygen atoms in total. The van der Waals surface area contributed by atoms with E-state index < -0.39 is 12.0 Å². The van der Waals surface area contributed by atoms with Crippen molar-refractivity contribution in [2.24, 2.45) is 5.92 Å². The summed E-state index contributed by atoms with van der Waals surface area (Å²) in [5.41, 5.74) is 0. The third kappa shape index (κ3) is 12.6. The first-order valence-electron chi connectivity index (χ1n) is 11.6. The van der Waals surface area contributed by atoms with Crippen LogP contribution in [0.3, 0.4) is 0 Å². The van der Waals surface area contributed by atoms with Crippen molar-refractivity contribution in [3.05, 3.63) is 0 Å². The molecule has 1 aliphatic carbocycles. The number of carbonyl (C=O) groups is 3. The summed E-state index contributed by atoms with van der Waals surface area (Å²) in [5, 5.41) is 5.85. The SMILES string of the molecule is COC(=O)[C@H](CC(C)C)NC(=O)CCC(=O)NC1CCCCCCCCCCC1. The molecular formula is C23H42N2O4. The molecule has 0 aromatic rings. The van der Waals surface area contributed by atoms with Gasteiger partial charge in [0.05, 0.1) is 7.11 Å². The van der Waals surface area contributed by atoms with Gasteiger partial charge < -0.3 is 15.4 Å². The minimum Gasteiger partial charge on any atom is -0.467 e. The molecule has 0 aromatic carbocycles. The Morgan fingerprint density at radius 3 is 1.79 bits per heavy atom. The van der Waals surface area contributed by atoms with Gasteiger partial charge in [0.25, 0.3) is 0 Å². The van der Waals surface area contributed by atoms with Gasteiger partial charge in [-0.25, -0.2) is 4.79 Å². The van der Waals surface area contributed by atoms with Crippen molar-refractivity contribution in [3.8, 4) is 0 Å². The number of esters is 1. The molecule has 0 aliphatic heterocycles. The number of methoxy groups -OCH3 is 1. The van der Waals surface area contributed by atoms with E-state index in [-0.39, 0.29) is 36.6 Å². The fourth-order valence-corrected chi connectivity index (χ4v) is 3.93. The quantitative estimate of drug-likeness (QED) is 0.586. The summed E-state index contributed by atoms with van der Waals surface area (Å²) in [4.78, 5) is 36.4. The number of ether oxygens (including phenoxy) is 1. The van der Waals surface area contributed by atoms with Crippen LogP contribution in [0.15, 0.2) is 0 Å². The largest absolute Gasteiger partial charge is 0.467 e. The number of hydrogen-bond donors (Lipinski definition) is 2. The molecule has 2 N–H and O–H groups in total. The van der Waals surface area contributed by atoms with Crippen LogP contribution in [-0.2, 0) is 19.1 Å². The lowest BCUT2D eigenvalue weighted by Gasteiger charge is -2.20. The molecule has 0 aromatic heterocycles. The Bertz CT molecular complexity index is 481. The minimum atomic E-state index is -0.651. The Labute approximate surface area is 176 Å². The molecule has 6 heteroatoms. The van der Waals surface area contributed by atoms with Crippen LogP contribution in [0.5, 0.6) is 0 Å². The van der Waals surface area contributed by atoms with Crippen molar-refractivity contribution in [3.63, 3.8) is 0 Å². The fraction of sp³-hybridized carbons (Fsp3) is 0.870. The average Bonchev–Trinajstić information content (AvgIpc) is 2.67. The molecule has 0 radical (unpaired) electrons. The van der Waals surface area contributed by atoms with Crippen molar-refractivity contribution < 1.29 is 19.1 Å². The number of carbonyl (C=O) groups excluding carboxylic acids is 3. The Balaban J connectivity index is 2.40. The van der Waals surface area contributed by atoms with Crippen LogP contribution in [0, 0.1) is 5.92 Å². The first kappa shape index (κ1) is 25.4. The second-order valence-corrected chi connectivity index (χ2v) is 8.80. The maximum Gasteiger partial charge on any atom is 0.328 e. The monoisotopic (exact) mass is 410 g/mol. The Morgan fingerprint density at radius 2 is 1.31 bits per heavy atom. The van der Waals surface area contributed by atoms with Crippen LogP contribution >= 0.6 is 0 Å². The van der Waals surface area contributed by atoms with E-state index >= 15 is 0 Å². The van der Waals surface area contributed by atoms with E-state index in [1.165, 1.54) is 52.1 Å². The van der Waals surface area contributed by atoms with Crippen molar-refractivity contribution >= 4 is 17.8 Å². The van der Waals surface area contributed by atoms with Gasteiger partial charge in [0, 0.05) is 18.9 Å². The highest BCUT2D eigenvalue weighted by atomic mass is 16.5. The minimum absolute atomic E-state index is 0.0734. The van der Waals surface area contributed by atoms with E-state index in [1.807, 2.05) is 13.8 Å². The molecule has 1 saturated carbocycles. The number of amides is 2. The van der Waals surface area contributed by atoms with Gasteiger partial charge in [-0.2, -0.15) is 0 Å². The lowest BCUT2D eigenvalue weighted by molar-refractivity contribution is -0.145. The first-order valence-corrected chi connectivity index (χ1v) is 11.6. The molecule has 1 aliphatic rings. The maximum atomic E-state index is 12.4. The van der Waals surface area contributed by atoms with Crippen LogP contribution in [0.1, 0.15) is 104 Å². The third-order valence-corrected chi connectivity index (χ3v) is 5.58. The zero-order valence-corrected chi connectivity index (χ0v) is 18.8. The van der Waals surface area contributed by atoms with Gasteiger partial charge in [-0.05, 0) is 25.2 Å². The summed E-state index contributed by atoms with van der Waals surface area (Å²) in [7, 11) is 1.32. The van der Waals surface area contributed by atoms with E-state index in [0.717, 1.165) is 25.7 Å². The highest BCUT2D eigenvalue weighted by Crippen LogP contribution is 2.17. The molecule has 29 heavy (non-hydrogen) atoms. The molecule has 0 unspecified atom stereocenters. The van der Waals surface area contributed by atoms with E-state index in [2.05, 4.69) is 10.6 Å². The molecule has 1 fully saturated rings. The smallest absolute Gasteiger partial charge is 0.328 e. The third-order valence-electron chi connectivity index (χ3n) is 5.58. The summed E-state index contributed by atoms with van der Waals surface area (Å²) in [6.07, 6.45) is 14.2. The zero-order chi connectivity index (χ0) is 21.5. The molecule has 1 rings (SSSR count). The molecule has 0 saturated heterocycles. The van der Waals surface area contributed by atoms with Gasteiger partial charge in [-0.15, -0.1) is 0 Å². The number of rotatable bonds is 8. The normalized spacial score (nSPS) is 18.2. The van der Waals surface area contributed by atoms with Crippen LogP contribution in [0.4, 0.5) is 0 Å². The van der Waals surface area contributed by atoms with Gasteiger partial charge in [-0.3, -0.25) is 9.59 Å². The molecular weight excluding hydrogens is 368 g/mol. The van der Waals surface area contributed by atoms with Crippen LogP contribution < -0.4 is 10.6 Å². The van der Waals surface area contributed by atoms with E-state index in [4.69, 9.17) is 4.74 Å². The van der Waals surface area contributed by atoms with Gasteiger partial charge in [0.2, 0.25) is 11.8 Å². The fourth-order valence-electron chi connectivity index (χ4n) is 3.93.